The fourth-order valence-corrected chi connectivity index (χ4v) is 3.53. The molecule has 0 radical (unpaired) electrons. The summed E-state index contributed by atoms with van der Waals surface area (Å²) >= 11 is 0. The number of piperazine rings is 1. The van der Waals surface area contributed by atoms with Crippen molar-refractivity contribution >= 4 is 28.4 Å². The van der Waals surface area contributed by atoms with Gasteiger partial charge in [-0.15, -0.1) is 0 Å². The molecule has 1 aliphatic rings. The van der Waals surface area contributed by atoms with Crippen molar-refractivity contribution in [2.45, 2.75) is 0 Å². The molecule has 10 nitrogen and oxygen atoms in total. The van der Waals surface area contributed by atoms with E-state index in [1.165, 1.54) is 38.6 Å². The van der Waals surface area contributed by atoms with E-state index in [1.807, 2.05) is 0 Å². The van der Waals surface area contributed by atoms with Crippen LogP contribution in [0.15, 0.2) is 36.5 Å². The van der Waals surface area contributed by atoms with Gasteiger partial charge in [0.05, 0.1) is 19.9 Å². The number of pyridine rings is 1. The number of nitrogens with one attached hydrogen (secondary N) is 1. The van der Waals surface area contributed by atoms with Crippen molar-refractivity contribution in [3.63, 3.8) is 0 Å². The van der Waals surface area contributed by atoms with E-state index in [1.54, 1.807) is 21.9 Å². The first-order valence-electron chi connectivity index (χ1n) is 9.10. The molecule has 1 N–H and O–H groups in total. The number of amides is 2. The van der Waals surface area contributed by atoms with Crippen LogP contribution in [-0.2, 0) is 10.9 Å². The van der Waals surface area contributed by atoms with Crippen LogP contribution in [0.25, 0.3) is 0 Å². The molecular weight excluding hydrogens is 412 g/mol. The van der Waals surface area contributed by atoms with E-state index in [0.717, 1.165) is 0 Å². The third-order valence-corrected chi connectivity index (χ3v) is 5.13. The molecule has 11 heteroatoms. The molecule has 0 bridgehead atoms. The van der Waals surface area contributed by atoms with Gasteiger partial charge < -0.3 is 19.3 Å². The fraction of sp³-hybridized carbons (Fsp3) is 0.316. The number of anilines is 1. The summed E-state index contributed by atoms with van der Waals surface area (Å²) in [6.07, 6.45) is 1.51. The molecule has 2 heterocycles. The smallest absolute Gasteiger partial charge is 0.254 e. The van der Waals surface area contributed by atoms with Gasteiger partial charge in [0.2, 0.25) is 16.8 Å². The van der Waals surface area contributed by atoms with Crippen LogP contribution < -0.4 is 14.2 Å². The topological polar surface area (TPSA) is 118 Å². The number of hydrogen-bond acceptors (Lipinski definition) is 7. The van der Waals surface area contributed by atoms with Gasteiger partial charge >= 0.3 is 0 Å². The Kier molecular flexibility index (Phi) is 6.72. The van der Waals surface area contributed by atoms with E-state index in [4.69, 9.17) is 9.47 Å². The fourth-order valence-electron chi connectivity index (χ4n) is 3.15. The second kappa shape index (κ2) is 9.44. The Hall–Kier alpha value is -3.34. The van der Waals surface area contributed by atoms with Gasteiger partial charge in [-0.1, -0.05) is 0 Å². The van der Waals surface area contributed by atoms with Crippen LogP contribution in [0.2, 0.25) is 0 Å². The van der Waals surface area contributed by atoms with Crippen molar-refractivity contribution < 1.29 is 27.5 Å². The highest BCUT2D eigenvalue weighted by Crippen LogP contribution is 2.26. The van der Waals surface area contributed by atoms with E-state index in [2.05, 4.69) is 9.71 Å². The van der Waals surface area contributed by atoms with Crippen molar-refractivity contribution in [2.24, 2.45) is 0 Å². The zero-order chi connectivity index (χ0) is 21.7. The van der Waals surface area contributed by atoms with E-state index in [0.29, 0.717) is 43.2 Å². The third kappa shape index (κ3) is 4.79. The molecule has 3 rings (SSSR count). The van der Waals surface area contributed by atoms with E-state index in [9.17, 15) is 18.0 Å². The molecule has 2 amide bonds. The minimum atomic E-state index is -2.84. The molecule has 2 aromatic rings. The van der Waals surface area contributed by atoms with Gasteiger partial charge in [0.25, 0.3) is 11.8 Å². The van der Waals surface area contributed by atoms with Crippen LogP contribution in [0.3, 0.4) is 0 Å². The van der Waals surface area contributed by atoms with Crippen LogP contribution in [0.1, 0.15) is 20.7 Å². The lowest BCUT2D eigenvalue weighted by molar-refractivity contribution is 0.0535. The number of benzene rings is 1. The summed E-state index contributed by atoms with van der Waals surface area (Å²) in [6, 6.07) is 7.71. The third-order valence-electron chi connectivity index (χ3n) is 4.71. The molecule has 0 aliphatic carbocycles. The molecule has 1 aliphatic heterocycles. The monoisotopic (exact) mass is 434 g/mol. The van der Waals surface area contributed by atoms with Gasteiger partial charge in [0, 0.05) is 49.6 Å². The maximum atomic E-state index is 12.8. The van der Waals surface area contributed by atoms with E-state index >= 15 is 0 Å². The minimum absolute atomic E-state index is 0.147. The first-order valence-corrected chi connectivity index (χ1v) is 10.3. The van der Waals surface area contributed by atoms with Gasteiger partial charge in [-0.25, -0.2) is 13.4 Å². The lowest BCUT2D eigenvalue weighted by Crippen LogP contribution is -2.50. The Bertz CT molecular complexity index is 1010. The molecule has 1 aromatic heterocycles. The van der Waals surface area contributed by atoms with Gasteiger partial charge in [0.15, 0.2) is 0 Å². The predicted octanol–water partition coefficient (Wildman–Crippen LogP) is 0.635. The summed E-state index contributed by atoms with van der Waals surface area (Å²) in [7, 11) is 0.0349. The lowest BCUT2D eigenvalue weighted by atomic mass is 10.1. The molecule has 30 heavy (non-hydrogen) atoms. The summed E-state index contributed by atoms with van der Waals surface area (Å²) < 4.78 is 34.2. The van der Waals surface area contributed by atoms with Gasteiger partial charge in [0.1, 0.15) is 5.75 Å². The largest absolute Gasteiger partial charge is 0.495 e. The number of thiol groups is 1. The quantitative estimate of drug-likeness (QED) is 0.641. The van der Waals surface area contributed by atoms with Crippen LogP contribution in [0.4, 0.5) is 5.69 Å². The Morgan fingerprint density at radius 2 is 1.53 bits per heavy atom. The first kappa shape index (κ1) is 21.4. The highest BCUT2D eigenvalue weighted by atomic mass is 32.2. The van der Waals surface area contributed by atoms with E-state index < -0.39 is 10.9 Å². The molecule has 0 saturated carbocycles. The van der Waals surface area contributed by atoms with Gasteiger partial charge in [-0.05, 0) is 24.3 Å². The number of carbonyl (C=O) groups is 2. The van der Waals surface area contributed by atoms with E-state index in [-0.39, 0.29) is 23.3 Å². The SMILES string of the molecule is COc1cc(C(=O)N2CCN(C(=O)c3ccc(N[SH](=O)=O)c(OC)c3)CC2)ccn1. The molecule has 1 saturated heterocycles. The second-order valence-corrected chi connectivity index (χ2v) is 7.19. The molecule has 1 aromatic carbocycles. The first-order chi connectivity index (χ1) is 14.4. The maximum absolute atomic E-state index is 12.8. The minimum Gasteiger partial charge on any atom is -0.495 e. The normalized spacial score (nSPS) is 13.8. The van der Waals surface area contributed by atoms with Crippen LogP contribution in [0, 0.1) is 0 Å². The average molecular weight is 434 g/mol. The molecule has 1 fully saturated rings. The van der Waals surface area contributed by atoms with Crippen molar-refractivity contribution in [3.8, 4) is 11.6 Å². The Labute approximate surface area is 175 Å². The summed E-state index contributed by atoms with van der Waals surface area (Å²) in [5, 5.41) is 0. The van der Waals surface area contributed by atoms with Gasteiger partial charge in [-0.3, -0.25) is 14.3 Å². The Balaban J connectivity index is 1.65. The second-order valence-electron chi connectivity index (χ2n) is 6.46. The Morgan fingerprint density at radius 3 is 2.07 bits per heavy atom. The summed E-state index contributed by atoms with van der Waals surface area (Å²) in [5.74, 6) is 0.249. The molecule has 0 unspecified atom stereocenters. The zero-order valence-electron chi connectivity index (χ0n) is 16.5. The van der Waals surface area contributed by atoms with Crippen LogP contribution >= 0.6 is 0 Å². The van der Waals surface area contributed by atoms with Crippen molar-refractivity contribution in [3.05, 3.63) is 47.7 Å². The van der Waals surface area contributed by atoms with Crippen molar-refractivity contribution in [1.82, 2.24) is 14.8 Å². The number of rotatable bonds is 6. The van der Waals surface area contributed by atoms with Crippen LogP contribution in [0.5, 0.6) is 11.6 Å². The highest BCUT2D eigenvalue weighted by Gasteiger charge is 2.26. The standard InChI is InChI=1S/C19H22N4O6S/c1-28-16-11-13(3-4-15(16)21-30(26)27)18(24)22-7-9-23(10-8-22)19(25)14-5-6-20-17(12-14)29-2/h3-6,11-12,30H,7-10H2,1-2H3,(H,21,26,27). The van der Waals surface area contributed by atoms with Crippen molar-refractivity contribution in [1.29, 1.82) is 0 Å². The summed E-state index contributed by atoms with van der Waals surface area (Å²) in [4.78, 5) is 32.8. The number of ether oxygens (including phenoxy) is 2. The average Bonchev–Trinajstić information content (AvgIpc) is 2.78. The Morgan fingerprint density at radius 1 is 0.933 bits per heavy atom. The number of hydrogen-bond donors (Lipinski definition) is 2. The van der Waals surface area contributed by atoms with Gasteiger partial charge in [-0.2, -0.15) is 0 Å². The number of methoxy groups -OCH3 is 2. The number of nitrogens with zero attached hydrogens (tertiary/aromatic N) is 3. The highest BCUT2D eigenvalue weighted by molar-refractivity contribution is 7.73. The molecular formula is C19H22N4O6S. The molecule has 0 spiro atoms. The summed E-state index contributed by atoms with van der Waals surface area (Å²) in [6.45, 7) is 1.54. The number of aromatic nitrogens is 1. The van der Waals surface area contributed by atoms with Crippen LogP contribution in [-0.4, -0.2) is 75.4 Å². The maximum Gasteiger partial charge on any atom is 0.254 e. The number of carbonyl (C=O) groups excluding carboxylic acids is 2. The molecule has 0 atom stereocenters. The summed E-state index contributed by atoms with van der Waals surface area (Å²) in [5.41, 5.74) is 1.11. The van der Waals surface area contributed by atoms with Crippen molar-refractivity contribution in [2.75, 3.05) is 45.1 Å². The zero-order valence-corrected chi connectivity index (χ0v) is 17.4. The predicted molar refractivity (Wildman–Crippen MR) is 110 cm³/mol. The lowest BCUT2D eigenvalue weighted by Gasteiger charge is -2.35. The molecule has 160 valence electrons.